The largest absolute Gasteiger partial charge is 0.401 e. The van der Waals surface area contributed by atoms with E-state index in [1.807, 2.05) is 0 Å². The first kappa shape index (κ1) is 20.0. The molecule has 0 aliphatic carbocycles. The Labute approximate surface area is 175 Å². The van der Waals surface area contributed by atoms with E-state index in [0.717, 1.165) is 11.3 Å². The summed E-state index contributed by atoms with van der Waals surface area (Å²) in [5, 5.41) is 14.4. The molecule has 3 aromatic heterocycles. The number of carbonyl (C=O) groups is 1. The molecule has 4 heterocycles. The Morgan fingerprint density at radius 3 is 2.86 bits per heavy atom. The molecule has 0 radical (unpaired) electrons. The molecule has 10 nitrogen and oxygen atoms in total. The molecule has 1 atom stereocenters. The first-order valence-electron chi connectivity index (χ1n) is 8.73. The molecular formula is C16H17ClN6O4S2. The van der Waals surface area contributed by atoms with Crippen LogP contribution in [0.25, 0.3) is 11.6 Å². The third-order valence-electron chi connectivity index (χ3n) is 4.49. The number of hydrogen-bond donors (Lipinski definition) is 1. The van der Waals surface area contributed by atoms with Crippen LogP contribution in [0.1, 0.15) is 12.8 Å². The molecule has 154 valence electrons. The van der Waals surface area contributed by atoms with Crippen LogP contribution in [-0.2, 0) is 21.9 Å². The maximum Gasteiger partial charge on any atom is 0.322 e. The zero-order chi connectivity index (χ0) is 20.6. The van der Waals surface area contributed by atoms with Gasteiger partial charge in [0.25, 0.3) is 15.9 Å². The highest BCUT2D eigenvalue weighted by atomic mass is 35.5. The first-order valence-corrected chi connectivity index (χ1v) is 11.4. The van der Waals surface area contributed by atoms with Crippen LogP contribution in [0, 0.1) is 5.92 Å². The molecule has 0 spiro atoms. The van der Waals surface area contributed by atoms with Crippen molar-refractivity contribution in [3.8, 4) is 11.6 Å². The standard InChI is InChI=1S/C16H17ClN6O4S2/c1-22-8-6-11(21-22)15-19-20-16(27-15)18-14(24)10-3-2-7-23(9-10)29(25,26)13-5-4-12(17)28-13/h4-6,8,10H,2-3,7,9H2,1H3,(H,18,20,24). The third-order valence-corrected chi connectivity index (χ3v) is 8.05. The number of aromatic nitrogens is 4. The van der Waals surface area contributed by atoms with Crippen LogP contribution in [0.15, 0.2) is 33.0 Å². The van der Waals surface area contributed by atoms with Gasteiger partial charge in [0, 0.05) is 26.3 Å². The number of amides is 1. The second kappa shape index (κ2) is 7.86. The summed E-state index contributed by atoms with van der Waals surface area (Å²) in [4.78, 5) is 12.6. The number of anilines is 1. The zero-order valence-electron chi connectivity index (χ0n) is 15.3. The first-order chi connectivity index (χ1) is 13.8. The fraction of sp³-hybridized carbons (Fsp3) is 0.375. The Morgan fingerprint density at radius 1 is 1.34 bits per heavy atom. The summed E-state index contributed by atoms with van der Waals surface area (Å²) in [6.45, 7) is 0.428. The molecule has 1 saturated heterocycles. The van der Waals surface area contributed by atoms with Crippen molar-refractivity contribution in [1.82, 2.24) is 24.3 Å². The summed E-state index contributed by atoms with van der Waals surface area (Å²) in [6, 6.07) is 4.67. The minimum Gasteiger partial charge on any atom is -0.401 e. The number of aryl methyl sites for hydroxylation is 1. The predicted molar refractivity (Wildman–Crippen MR) is 106 cm³/mol. The summed E-state index contributed by atoms with van der Waals surface area (Å²) < 4.78 is 34.5. The fourth-order valence-electron chi connectivity index (χ4n) is 3.05. The molecule has 3 aromatic rings. The number of rotatable bonds is 5. The molecule has 1 N–H and O–H groups in total. The maximum absolute atomic E-state index is 12.8. The van der Waals surface area contributed by atoms with Gasteiger partial charge in [0.1, 0.15) is 9.90 Å². The predicted octanol–water partition coefficient (Wildman–Crippen LogP) is 2.22. The van der Waals surface area contributed by atoms with E-state index in [4.69, 9.17) is 16.0 Å². The van der Waals surface area contributed by atoms with E-state index in [2.05, 4.69) is 20.6 Å². The molecule has 1 amide bonds. The molecular weight excluding hydrogens is 440 g/mol. The SMILES string of the molecule is Cn1ccc(-c2nnc(NC(=O)C3CCCN(S(=O)(=O)c4ccc(Cl)s4)C3)o2)n1. The normalized spacial score (nSPS) is 18.1. The van der Waals surface area contributed by atoms with Crippen LogP contribution < -0.4 is 5.32 Å². The van der Waals surface area contributed by atoms with Gasteiger partial charge >= 0.3 is 6.01 Å². The van der Waals surface area contributed by atoms with Gasteiger partial charge in [-0.3, -0.25) is 14.8 Å². The Bertz CT molecular complexity index is 1140. The maximum atomic E-state index is 12.8. The lowest BCUT2D eigenvalue weighted by Gasteiger charge is -2.30. The summed E-state index contributed by atoms with van der Waals surface area (Å²) in [5.41, 5.74) is 0.491. The van der Waals surface area contributed by atoms with Crippen molar-refractivity contribution in [3.63, 3.8) is 0 Å². The molecule has 1 fully saturated rings. The number of thiophene rings is 1. The molecule has 1 aliphatic rings. The Kier molecular flexibility index (Phi) is 5.42. The third kappa shape index (κ3) is 4.20. The van der Waals surface area contributed by atoms with Gasteiger partial charge in [-0.1, -0.05) is 16.7 Å². The highest BCUT2D eigenvalue weighted by molar-refractivity contribution is 7.91. The number of nitrogens with one attached hydrogen (secondary N) is 1. The molecule has 0 bridgehead atoms. The summed E-state index contributed by atoms with van der Waals surface area (Å²) in [6.07, 6.45) is 2.86. The second-order valence-corrected chi connectivity index (χ2v) is 10.4. The Morgan fingerprint density at radius 2 is 2.17 bits per heavy atom. The molecule has 1 unspecified atom stereocenters. The van der Waals surface area contributed by atoms with Crippen LogP contribution in [0.2, 0.25) is 4.34 Å². The number of hydrogen-bond acceptors (Lipinski definition) is 8. The number of halogens is 1. The molecule has 0 aromatic carbocycles. The lowest BCUT2D eigenvalue weighted by molar-refractivity contribution is -0.121. The number of piperidine rings is 1. The molecule has 13 heteroatoms. The van der Waals surface area contributed by atoms with Crippen molar-refractivity contribution in [2.45, 2.75) is 17.1 Å². The zero-order valence-corrected chi connectivity index (χ0v) is 17.7. The van der Waals surface area contributed by atoms with Crippen molar-refractivity contribution < 1.29 is 17.6 Å². The summed E-state index contributed by atoms with van der Waals surface area (Å²) in [7, 11) is -1.93. The topological polar surface area (TPSA) is 123 Å². The van der Waals surface area contributed by atoms with E-state index in [1.54, 1.807) is 30.1 Å². The quantitative estimate of drug-likeness (QED) is 0.624. The minimum absolute atomic E-state index is 0.0549. The van der Waals surface area contributed by atoms with Crippen molar-refractivity contribution in [2.75, 3.05) is 18.4 Å². The smallest absolute Gasteiger partial charge is 0.322 e. The van der Waals surface area contributed by atoms with Gasteiger partial charge in [-0.2, -0.15) is 9.40 Å². The number of nitrogens with zero attached hydrogens (tertiary/aromatic N) is 5. The average molecular weight is 457 g/mol. The molecule has 0 saturated carbocycles. The van der Waals surface area contributed by atoms with Gasteiger partial charge in [0.2, 0.25) is 5.91 Å². The van der Waals surface area contributed by atoms with Crippen molar-refractivity contribution in [3.05, 3.63) is 28.7 Å². The molecule has 29 heavy (non-hydrogen) atoms. The van der Waals surface area contributed by atoms with Crippen LogP contribution in [0.3, 0.4) is 0 Å². The lowest BCUT2D eigenvalue weighted by Crippen LogP contribution is -2.43. The van der Waals surface area contributed by atoms with Gasteiger partial charge in [0.15, 0.2) is 0 Å². The Hall–Kier alpha value is -2.28. The van der Waals surface area contributed by atoms with Crippen LogP contribution >= 0.6 is 22.9 Å². The van der Waals surface area contributed by atoms with Crippen molar-refractivity contribution >= 4 is 44.9 Å². The highest BCUT2D eigenvalue weighted by Gasteiger charge is 2.34. The summed E-state index contributed by atoms with van der Waals surface area (Å²) in [5.74, 6) is -0.715. The van der Waals surface area contributed by atoms with Crippen LogP contribution in [0.4, 0.5) is 6.01 Å². The van der Waals surface area contributed by atoms with E-state index in [-0.39, 0.29) is 28.6 Å². The van der Waals surface area contributed by atoms with E-state index in [9.17, 15) is 13.2 Å². The monoisotopic (exact) mass is 456 g/mol. The van der Waals surface area contributed by atoms with Gasteiger partial charge in [0.05, 0.1) is 10.3 Å². The summed E-state index contributed by atoms with van der Waals surface area (Å²) >= 11 is 6.86. The highest BCUT2D eigenvalue weighted by Crippen LogP contribution is 2.31. The van der Waals surface area contributed by atoms with Gasteiger partial charge in [-0.25, -0.2) is 8.42 Å². The van der Waals surface area contributed by atoms with E-state index >= 15 is 0 Å². The van der Waals surface area contributed by atoms with Crippen molar-refractivity contribution in [1.29, 1.82) is 0 Å². The molecule has 4 rings (SSSR count). The van der Waals surface area contributed by atoms with E-state index in [0.29, 0.717) is 29.4 Å². The average Bonchev–Trinajstić information content (AvgIpc) is 3.43. The van der Waals surface area contributed by atoms with Gasteiger partial charge < -0.3 is 4.42 Å². The second-order valence-electron chi connectivity index (χ2n) is 6.54. The minimum atomic E-state index is -3.68. The Balaban J connectivity index is 1.43. The number of carbonyl (C=O) groups excluding carboxylic acids is 1. The van der Waals surface area contributed by atoms with Crippen LogP contribution in [-0.4, -0.2) is 51.7 Å². The molecule has 1 aliphatic heterocycles. The van der Waals surface area contributed by atoms with Crippen LogP contribution in [0.5, 0.6) is 0 Å². The van der Waals surface area contributed by atoms with E-state index < -0.39 is 15.9 Å². The van der Waals surface area contributed by atoms with Gasteiger partial charge in [-0.05, 0) is 31.0 Å². The lowest BCUT2D eigenvalue weighted by atomic mass is 9.99. The van der Waals surface area contributed by atoms with E-state index in [1.165, 1.54) is 10.4 Å². The van der Waals surface area contributed by atoms with Gasteiger partial charge in [-0.15, -0.1) is 16.4 Å². The van der Waals surface area contributed by atoms with Crippen molar-refractivity contribution in [2.24, 2.45) is 13.0 Å². The fourth-order valence-corrected chi connectivity index (χ4v) is 6.21. The number of sulfonamides is 1.